The second-order valence-electron chi connectivity index (χ2n) is 6.99. The highest BCUT2D eigenvalue weighted by Crippen LogP contribution is 2.19. The maximum absolute atomic E-state index is 11.9. The SMILES string of the molecule is C=C(CC(=O)OCCc1c[nH]c2ccccc12)C[Si](C)(C)C. The molecule has 0 atom stereocenters. The molecule has 0 aliphatic rings. The van der Waals surface area contributed by atoms with E-state index in [4.69, 9.17) is 4.74 Å². The van der Waals surface area contributed by atoms with Gasteiger partial charge in [-0.25, -0.2) is 0 Å². The van der Waals surface area contributed by atoms with Crippen LogP contribution >= 0.6 is 0 Å². The van der Waals surface area contributed by atoms with E-state index in [0.717, 1.165) is 23.6 Å². The van der Waals surface area contributed by atoms with Crippen molar-refractivity contribution < 1.29 is 9.53 Å². The van der Waals surface area contributed by atoms with E-state index in [1.165, 1.54) is 10.9 Å². The van der Waals surface area contributed by atoms with Crippen LogP contribution < -0.4 is 0 Å². The molecule has 2 aromatic rings. The van der Waals surface area contributed by atoms with Crippen molar-refractivity contribution in [3.63, 3.8) is 0 Å². The highest BCUT2D eigenvalue weighted by Gasteiger charge is 2.16. The predicted octanol–water partition coefficient (Wildman–Crippen LogP) is 4.54. The molecule has 4 heteroatoms. The van der Waals surface area contributed by atoms with Gasteiger partial charge in [0.15, 0.2) is 0 Å². The van der Waals surface area contributed by atoms with Gasteiger partial charge < -0.3 is 9.72 Å². The van der Waals surface area contributed by atoms with Crippen LogP contribution in [0.3, 0.4) is 0 Å². The van der Waals surface area contributed by atoms with Crippen molar-refractivity contribution in [2.24, 2.45) is 0 Å². The number of hydrogen-bond acceptors (Lipinski definition) is 2. The molecule has 0 spiro atoms. The molecule has 1 aromatic heterocycles. The fourth-order valence-corrected chi connectivity index (χ4v) is 4.31. The molecule has 1 heterocycles. The van der Waals surface area contributed by atoms with Crippen molar-refractivity contribution in [2.75, 3.05) is 6.61 Å². The maximum Gasteiger partial charge on any atom is 0.309 e. The minimum Gasteiger partial charge on any atom is -0.465 e. The van der Waals surface area contributed by atoms with Crippen LogP contribution in [0.5, 0.6) is 0 Å². The third kappa shape index (κ3) is 4.88. The number of aromatic nitrogens is 1. The summed E-state index contributed by atoms with van der Waals surface area (Å²) in [6.45, 7) is 11.3. The Kier molecular flexibility index (Phi) is 5.24. The summed E-state index contributed by atoms with van der Waals surface area (Å²) in [5.41, 5.74) is 3.30. The third-order valence-electron chi connectivity index (χ3n) is 3.48. The van der Waals surface area contributed by atoms with Crippen molar-refractivity contribution in [1.82, 2.24) is 4.98 Å². The summed E-state index contributed by atoms with van der Waals surface area (Å²) in [5.74, 6) is -0.164. The Morgan fingerprint density at radius 1 is 1.27 bits per heavy atom. The van der Waals surface area contributed by atoms with Crippen molar-refractivity contribution in [3.05, 3.63) is 48.2 Å². The molecular formula is C18H25NO2Si. The van der Waals surface area contributed by atoms with Crippen molar-refractivity contribution >= 4 is 24.9 Å². The first-order valence-corrected chi connectivity index (χ1v) is 11.4. The molecule has 0 aliphatic heterocycles. The summed E-state index contributed by atoms with van der Waals surface area (Å²) in [5, 5.41) is 1.20. The minimum absolute atomic E-state index is 0.164. The van der Waals surface area contributed by atoms with Crippen LogP contribution in [-0.2, 0) is 16.0 Å². The summed E-state index contributed by atoms with van der Waals surface area (Å²) in [4.78, 5) is 15.1. The van der Waals surface area contributed by atoms with E-state index in [1.807, 2.05) is 24.4 Å². The average molecular weight is 315 g/mol. The minimum atomic E-state index is -1.20. The molecule has 0 amide bonds. The van der Waals surface area contributed by atoms with Gasteiger partial charge in [0.25, 0.3) is 0 Å². The van der Waals surface area contributed by atoms with Gasteiger partial charge >= 0.3 is 5.97 Å². The number of fused-ring (bicyclic) bond motifs is 1. The van der Waals surface area contributed by atoms with Crippen LogP contribution in [0.15, 0.2) is 42.6 Å². The Morgan fingerprint density at radius 3 is 2.73 bits per heavy atom. The lowest BCUT2D eigenvalue weighted by atomic mass is 10.1. The topological polar surface area (TPSA) is 42.1 Å². The summed E-state index contributed by atoms with van der Waals surface area (Å²) in [6, 6.07) is 9.13. The molecule has 22 heavy (non-hydrogen) atoms. The Bertz CT molecular complexity index is 667. The maximum atomic E-state index is 11.9. The van der Waals surface area contributed by atoms with Gasteiger partial charge in [-0.1, -0.05) is 50.0 Å². The van der Waals surface area contributed by atoms with E-state index in [-0.39, 0.29) is 5.97 Å². The number of esters is 1. The molecule has 3 nitrogen and oxygen atoms in total. The number of carbonyl (C=O) groups excluding carboxylic acids is 1. The van der Waals surface area contributed by atoms with Crippen LogP contribution in [0.1, 0.15) is 12.0 Å². The summed E-state index contributed by atoms with van der Waals surface area (Å²) >= 11 is 0. The van der Waals surface area contributed by atoms with Gasteiger partial charge in [0, 0.05) is 31.6 Å². The van der Waals surface area contributed by atoms with Gasteiger partial charge in [0.2, 0.25) is 0 Å². The van der Waals surface area contributed by atoms with Crippen LogP contribution in [0.4, 0.5) is 0 Å². The number of ether oxygens (including phenoxy) is 1. The number of nitrogens with one attached hydrogen (secondary N) is 1. The highest BCUT2D eigenvalue weighted by atomic mass is 28.3. The quantitative estimate of drug-likeness (QED) is 0.463. The second kappa shape index (κ2) is 6.96. The monoisotopic (exact) mass is 315 g/mol. The number of benzene rings is 1. The Balaban J connectivity index is 1.79. The first-order chi connectivity index (χ1) is 10.3. The zero-order valence-electron chi connectivity index (χ0n) is 13.7. The predicted molar refractivity (Wildman–Crippen MR) is 94.9 cm³/mol. The molecule has 0 saturated carbocycles. The smallest absolute Gasteiger partial charge is 0.309 e. The van der Waals surface area contributed by atoms with E-state index in [2.05, 4.69) is 37.3 Å². The van der Waals surface area contributed by atoms with Crippen molar-refractivity contribution in [2.45, 2.75) is 38.5 Å². The molecule has 0 unspecified atom stereocenters. The third-order valence-corrected chi connectivity index (χ3v) is 5.04. The molecule has 0 fully saturated rings. The van der Waals surface area contributed by atoms with Crippen LogP contribution in [-0.4, -0.2) is 25.6 Å². The normalized spacial score (nSPS) is 11.6. The summed E-state index contributed by atoms with van der Waals surface area (Å²) in [7, 11) is -1.20. The number of hydrogen-bond donors (Lipinski definition) is 1. The molecule has 0 bridgehead atoms. The van der Waals surface area contributed by atoms with Gasteiger partial charge in [0.1, 0.15) is 0 Å². The molecule has 0 aliphatic carbocycles. The van der Waals surface area contributed by atoms with Crippen molar-refractivity contribution in [1.29, 1.82) is 0 Å². The fraction of sp³-hybridized carbons (Fsp3) is 0.389. The highest BCUT2D eigenvalue weighted by molar-refractivity contribution is 6.76. The fourth-order valence-electron chi connectivity index (χ4n) is 2.68. The van der Waals surface area contributed by atoms with Gasteiger partial charge in [-0.2, -0.15) is 0 Å². The van der Waals surface area contributed by atoms with Gasteiger partial charge in [-0.3, -0.25) is 4.79 Å². The molecular weight excluding hydrogens is 290 g/mol. The standard InChI is InChI=1S/C18H25NO2Si/c1-14(13-22(2,3)4)11-18(20)21-10-9-15-12-19-17-8-6-5-7-16(15)17/h5-8,12,19H,1,9-11,13H2,2-4H3. The molecule has 118 valence electrons. The molecule has 2 rings (SSSR count). The zero-order chi connectivity index (χ0) is 16.2. The summed E-state index contributed by atoms with van der Waals surface area (Å²) in [6.07, 6.45) is 3.07. The molecule has 1 aromatic carbocycles. The number of carbonyl (C=O) groups is 1. The van der Waals surface area contributed by atoms with Crippen LogP contribution in [0.25, 0.3) is 10.9 Å². The van der Waals surface area contributed by atoms with E-state index in [9.17, 15) is 4.79 Å². The van der Waals surface area contributed by atoms with Gasteiger partial charge in [0.05, 0.1) is 13.0 Å². The van der Waals surface area contributed by atoms with Crippen molar-refractivity contribution in [3.8, 4) is 0 Å². The average Bonchev–Trinajstić information content (AvgIpc) is 2.80. The van der Waals surface area contributed by atoms with E-state index in [1.54, 1.807) is 0 Å². The van der Waals surface area contributed by atoms with Crippen LogP contribution in [0, 0.1) is 0 Å². The Hall–Kier alpha value is -1.81. The Labute approximate surface area is 133 Å². The van der Waals surface area contributed by atoms with Gasteiger partial charge in [-0.15, -0.1) is 0 Å². The van der Waals surface area contributed by atoms with E-state index in [0.29, 0.717) is 13.0 Å². The number of H-pyrrole nitrogens is 1. The molecule has 1 N–H and O–H groups in total. The first-order valence-electron chi connectivity index (χ1n) is 7.72. The Morgan fingerprint density at radius 2 is 2.00 bits per heavy atom. The number of aromatic amines is 1. The van der Waals surface area contributed by atoms with Gasteiger partial charge in [-0.05, 0) is 17.7 Å². The summed E-state index contributed by atoms with van der Waals surface area (Å²) < 4.78 is 5.35. The molecule has 0 saturated heterocycles. The first kappa shape index (κ1) is 16.6. The molecule has 0 radical (unpaired) electrons. The zero-order valence-corrected chi connectivity index (χ0v) is 14.7. The van der Waals surface area contributed by atoms with E-state index >= 15 is 0 Å². The largest absolute Gasteiger partial charge is 0.465 e. The van der Waals surface area contributed by atoms with Crippen LogP contribution in [0.2, 0.25) is 25.7 Å². The lowest BCUT2D eigenvalue weighted by molar-refractivity contribution is -0.142. The number of para-hydroxylation sites is 1. The lowest BCUT2D eigenvalue weighted by Crippen LogP contribution is -2.21. The second-order valence-corrected chi connectivity index (χ2v) is 12.5. The number of rotatable bonds is 7. The lowest BCUT2D eigenvalue weighted by Gasteiger charge is -2.17. The van der Waals surface area contributed by atoms with E-state index < -0.39 is 8.07 Å².